The highest BCUT2D eigenvalue weighted by atomic mass is 32.2. The minimum atomic E-state index is -0.835. The lowest BCUT2D eigenvalue weighted by molar-refractivity contribution is -0.136. The van der Waals surface area contributed by atoms with Gasteiger partial charge in [-0.2, -0.15) is 0 Å². The van der Waals surface area contributed by atoms with E-state index in [2.05, 4.69) is 19.2 Å². The normalized spacial score (nSPS) is 10.7. The van der Waals surface area contributed by atoms with Crippen molar-refractivity contribution in [1.82, 2.24) is 5.32 Å². The Labute approximate surface area is 196 Å². The van der Waals surface area contributed by atoms with Gasteiger partial charge in [0, 0.05) is 28.6 Å². The average molecular weight is 457 g/mol. The van der Waals surface area contributed by atoms with E-state index in [9.17, 15) is 9.59 Å². The molecule has 2 aromatic rings. The van der Waals surface area contributed by atoms with E-state index < -0.39 is 5.97 Å². The molecular weight excluding hydrogens is 420 g/mol. The van der Waals surface area contributed by atoms with Crippen LogP contribution in [0.15, 0.2) is 58.3 Å². The molecule has 0 radical (unpaired) electrons. The van der Waals surface area contributed by atoms with E-state index in [0.717, 1.165) is 46.7 Å². The number of amides is 2. The number of urea groups is 1. The number of hydrogen-bond acceptors (Lipinski definition) is 3. The van der Waals surface area contributed by atoms with Crippen molar-refractivity contribution in [2.75, 3.05) is 18.0 Å². The van der Waals surface area contributed by atoms with Gasteiger partial charge >= 0.3 is 12.0 Å². The van der Waals surface area contributed by atoms with Crippen molar-refractivity contribution < 1.29 is 14.7 Å². The van der Waals surface area contributed by atoms with Crippen LogP contribution in [0, 0.1) is 0 Å². The maximum atomic E-state index is 12.9. The number of rotatable bonds is 14. The lowest BCUT2D eigenvalue weighted by Crippen LogP contribution is -2.41. The molecule has 0 heterocycles. The van der Waals surface area contributed by atoms with E-state index in [1.807, 2.05) is 53.4 Å². The van der Waals surface area contributed by atoms with Crippen LogP contribution in [0.5, 0.6) is 0 Å². The molecule has 0 aromatic heterocycles. The highest BCUT2D eigenvalue weighted by Gasteiger charge is 2.15. The number of nitrogens with one attached hydrogen (secondary N) is 1. The number of nitrogens with zero attached hydrogens (tertiary/aromatic N) is 1. The van der Waals surface area contributed by atoms with Gasteiger partial charge in [-0.15, -0.1) is 0 Å². The van der Waals surface area contributed by atoms with Crippen LogP contribution in [0.4, 0.5) is 10.5 Å². The summed E-state index contributed by atoms with van der Waals surface area (Å²) in [5.74, 6) is -0.835. The molecule has 32 heavy (non-hydrogen) atoms. The lowest BCUT2D eigenvalue weighted by atomic mass is 10.1. The summed E-state index contributed by atoms with van der Waals surface area (Å²) in [5.41, 5.74) is 1.67. The smallest absolute Gasteiger partial charge is 0.321 e. The molecule has 5 nitrogen and oxygen atoms in total. The van der Waals surface area contributed by atoms with E-state index in [1.54, 1.807) is 11.8 Å². The van der Waals surface area contributed by atoms with Crippen LogP contribution >= 0.6 is 11.8 Å². The fourth-order valence-electron chi connectivity index (χ4n) is 3.43. The van der Waals surface area contributed by atoms with Crippen LogP contribution in [-0.4, -0.2) is 30.2 Å². The van der Waals surface area contributed by atoms with Crippen LogP contribution in [-0.2, 0) is 11.2 Å². The third kappa shape index (κ3) is 9.35. The third-order valence-corrected chi connectivity index (χ3v) is 6.14. The molecule has 0 saturated heterocycles. The quantitative estimate of drug-likeness (QED) is 0.308. The van der Waals surface area contributed by atoms with E-state index in [1.165, 1.54) is 19.3 Å². The predicted molar refractivity (Wildman–Crippen MR) is 133 cm³/mol. The molecule has 0 atom stereocenters. The SMILES string of the molecule is CCCCCCCN(C(=O)NCCCC)c1cccc(Sc2cccc(CC(=O)O)c2)c1. The molecule has 0 aliphatic rings. The number of carbonyl (C=O) groups excluding carboxylic acids is 1. The van der Waals surface area contributed by atoms with Gasteiger partial charge in [-0.25, -0.2) is 4.79 Å². The van der Waals surface area contributed by atoms with Crippen molar-refractivity contribution in [2.45, 2.75) is 75.0 Å². The summed E-state index contributed by atoms with van der Waals surface area (Å²) in [7, 11) is 0. The molecule has 2 N–H and O–H groups in total. The minimum absolute atomic E-state index is 0.0121. The highest BCUT2D eigenvalue weighted by Crippen LogP contribution is 2.31. The monoisotopic (exact) mass is 456 g/mol. The summed E-state index contributed by atoms with van der Waals surface area (Å²) in [6.07, 6.45) is 7.77. The fraction of sp³-hybridized carbons (Fsp3) is 0.462. The van der Waals surface area contributed by atoms with Crippen molar-refractivity contribution in [2.24, 2.45) is 0 Å². The first kappa shape index (κ1) is 25.8. The summed E-state index contributed by atoms with van der Waals surface area (Å²) in [6.45, 7) is 5.70. The number of anilines is 1. The molecule has 2 rings (SSSR count). The number of aliphatic carboxylic acids is 1. The molecular formula is C26H36N2O3S. The topological polar surface area (TPSA) is 69.6 Å². The Morgan fingerprint density at radius 3 is 2.31 bits per heavy atom. The van der Waals surface area contributed by atoms with Crippen molar-refractivity contribution in [3.63, 3.8) is 0 Å². The second-order valence-corrected chi connectivity index (χ2v) is 9.12. The van der Waals surface area contributed by atoms with Gasteiger partial charge < -0.3 is 10.4 Å². The van der Waals surface area contributed by atoms with Crippen LogP contribution < -0.4 is 10.2 Å². The van der Waals surface area contributed by atoms with Gasteiger partial charge in [0.25, 0.3) is 0 Å². The van der Waals surface area contributed by atoms with Crippen molar-refractivity contribution in [3.8, 4) is 0 Å². The Balaban J connectivity index is 2.12. The van der Waals surface area contributed by atoms with Gasteiger partial charge in [0.05, 0.1) is 6.42 Å². The van der Waals surface area contributed by atoms with Gasteiger partial charge in [0.15, 0.2) is 0 Å². The van der Waals surface area contributed by atoms with E-state index in [0.29, 0.717) is 13.1 Å². The van der Waals surface area contributed by atoms with Crippen LogP contribution in [0.3, 0.4) is 0 Å². The minimum Gasteiger partial charge on any atom is -0.481 e. The number of carboxylic acids is 1. The summed E-state index contributed by atoms with van der Waals surface area (Å²) >= 11 is 1.58. The van der Waals surface area contributed by atoms with Crippen molar-refractivity contribution >= 4 is 29.4 Å². The molecule has 6 heteroatoms. The Hall–Kier alpha value is -2.47. The van der Waals surface area contributed by atoms with Gasteiger partial charge in [0.2, 0.25) is 0 Å². The maximum absolute atomic E-state index is 12.9. The fourth-order valence-corrected chi connectivity index (χ4v) is 4.39. The zero-order valence-corrected chi connectivity index (χ0v) is 20.1. The van der Waals surface area contributed by atoms with Crippen LogP contribution in [0.25, 0.3) is 0 Å². The van der Waals surface area contributed by atoms with E-state index in [4.69, 9.17) is 5.11 Å². The van der Waals surface area contributed by atoms with Crippen molar-refractivity contribution in [1.29, 1.82) is 0 Å². The predicted octanol–water partition coefficient (Wildman–Crippen LogP) is 6.75. The first-order valence-electron chi connectivity index (χ1n) is 11.7. The van der Waals surface area contributed by atoms with Crippen LogP contribution in [0.1, 0.15) is 64.4 Å². The first-order valence-corrected chi connectivity index (χ1v) is 12.5. The summed E-state index contributed by atoms with van der Waals surface area (Å²) in [4.78, 5) is 27.8. The molecule has 0 spiro atoms. The molecule has 0 saturated carbocycles. The van der Waals surface area contributed by atoms with Gasteiger partial charge in [-0.1, -0.05) is 75.9 Å². The zero-order chi connectivity index (χ0) is 23.2. The molecule has 174 valence electrons. The standard InChI is InChI=1S/C26H36N2O3S/c1-3-5-7-8-9-17-28(26(31)27-16-6-4-2)22-13-11-15-24(20-22)32-23-14-10-12-21(18-23)19-25(29)30/h10-15,18,20H,3-9,16-17,19H2,1-2H3,(H,27,31)(H,29,30). The highest BCUT2D eigenvalue weighted by molar-refractivity contribution is 7.99. The second-order valence-electron chi connectivity index (χ2n) is 7.97. The van der Waals surface area contributed by atoms with Gasteiger partial charge in [-0.3, -0.25) is 9.69 Å². The number of carbonyl (C=O) groups is 2. The number of benzene rings is 2. The van der Waals surface area contributed by atoms with Crippen molar-refractivity contribution in [3.05, 3.63) is 54.1 Å². The largest absolute Gasteiger partial charge is 0.481 e. The molecule has 0 fully saturated rings. The van der Waals surface area contributed by atoms with E-state index in [-0.39, 0.29) is 12.5 Å². The Bertz CT molecular complexity index is 856. The van der Waals surface area contributed by atoms with Gasteiger partial charge in [0.1, 0.15) is 0 Å². The first-order chi connectivity index (χ1) is 15.5. The number of unbranched alkanes of at least 4 members (excludes halogenated alkanes) is 5. The zero-order valence-electron chi connectivity index (χ0n) is 19.3. The third-order valence-electron chi connectivity index (χ3n) is 5.16. The Kier molecular flexibility index (Phi) is 11.7. The Morgan fingerprint density at radius 1 is 0.906 bits per heavy atom. The molecule has 0 aliphatic carbocycles. The summed E-state index contributed by atoms with van der Waals surface area (Å²) < 4.78 is 0. The number of carboxylic acid groups (broad SMARTS) is 1. The van der Waals surface area contributed by atoms with Crippen LogP contribution in [0.2, 0.25) is 0 Å². The molecule has 0 bridgehead atoms. The maximum Gasteiger partial charge on any atom is 0.321 e. The summed E-state index contributed by atoms with van der Waals surface area (Å²) in [5, 5.41) is 12.1. The summed E-state index contributed by atoms with van der Waals surface area (Å²) in [6, 6.07) is 15.6. The van der Waals surface area contributed by atoms with Gasteiger partial charge in [-0.05, 0) is 48.7 Å². The van der Waals surface area contributed by atoms with E-state index >= 15 is 0 Å². The molecule has 0 aliphatic heterocycles. The average Bonchev–Trinajstić information content (AvgIpc) is 2.76. The lowest BCUT2D eigenvalue weighted by Gasteiger charge is -2.24. The molecule has 2 amide bonds. The molecule has 0 unspecified atom stereocenters. The number of hydrogen-bond donors (Lipinski definition) is 2. The Morgan fingerprint density at radius 2 is 1.59 bits per heavy atom. The molecule has 2 aromatic carbocycles. The second kappa shape index (κ2) is 14.6.